The Kier molecular flexibility index (Phi) is 6.65. The molecule has 3 aromatic carbocycles. The largest absolute Gasteiger partial charge is 0.493 e. The monoisotopic (exact) mass is 522 g/mol. The van der Waals surface area contributed by atoms with E-state index in [0.29, 0.717) is 33.7 Å². The van der Waals surface area contributed by atoms with Gasteiger partial charge >= 0.3 is 5.97 Å². The van der Waals surface area contributed by atoms with Crippen molar-refractivity contribution in [3.63, 3.8) is 0 Å². The minimum atomic E-state index is -0.980. The SMILES string of the molecule is CC(C)C1ON=C(c2c(Cl)cccc2Cl)C1COc1ccc(-c2ccc3cc(C(=O)O)[nH]c3c2)cc1. The lowest BCUT2D eigenvalue weighted by atomic mass is 9.87. The van der Waals surface area contributed by atoms with Crippen molar-refractivity contribution in [2.24, 2.45) is 17.0 Å². The van der Waals surface area contributed by atoms with E-state index in [1.807, 2.05) is 42.5 Å². The van der Waals surface area contributed by atoms with Crippen molar-refractivity contribution in [3.05, 3.63) is 88.0 Å². The molecule has 2 N–H and O–H groups in total. The number of nitrogens with one attached hydrogen (secondary N) is 1. The number of hydrogen-bond donors (Lipinski definition) is 2. The quantitative estimate of drug-likeness (QED) is 0.266. The third-order valence-electron chi connectivity index (χ3n) is 6.37. The van der Waals surface area contributed by atoms with Gasteiger partial charge in [0.15, 0.2) is 0 Å². The molecule has 184 valence electrons. The first-order valence-corrected chi connectivity index (χ1v) is 12.3. The number of carboxylic acids is 1. The van der Waals surface area contributed by atoms with Crippen molar-refractivity contribution >= 4 is 45.8 Å². The molecule has 2 unspecified atom stereocenters. The maximum Gasteiger partial charge on any atom is 0.352 e. The lowest BCUT2D eigenvalue weighted by Crippen LogP contribution is -2.33. The number of hydrogen-bond acceptors (Lipinski definition) is 4. The number of oxime groups is 1. The number of ether oxygens (including phenoxy) is 1. The molecule has 0 spiro atoms. The van der Waals surface area contributed by atoms with Gasteiger partial charge in [-0.3, -0.25) is 0 Å². The fourth-order valence-corrected chi connectivity index (χ4v) is 5.09. The van der Waals surface area contributed by atoms with E-state index < -0.39 is 5.97 Å². The summed E-state index contributed by atoms with van der Waals surface area (Å²) in [7, 11) is 0. The van der Waals surface area contributed by atoms with Crippen LogP contribution in [0.1, 0.15) is 29.9 Å². The van der Waals surface area contributed by atoms with Crippen LogP contribution in [0.3, 0.4) is 0 Å². The highest BCUT2D eigenvalue weighted by Gasteiger charge is 2.39. The summed E-state index contributed by atoms with van der Waals surface area (Å²) in [4.78, 5) is 20.0. The number of nitrogens with zero attached hydrogens (tertiary/aromatic N) is 1. The molecule has 0 amide bonds. The number of carboxylic acid groups (broad SMARTS) is 1. The Morgan fingerprint density at radius 2 is 1.75 bits per heavy atom. The Balaban J connectivity index is 1.34. The van der Waals surface area contributed by atoms with Crippen molar-refractivity contribution in [1.82, 2.24) is 4.98 Å². The predicted octanol–water partition coefficient (Wildman–Crippen LogP) is 7.29. The van der Waals surface area contributed by atoms with E-state index in [9.17, 15) is 9.90 Å². The fourth-order valence-electron chi connectivity index (χ4n) is 4.50. The number of benzene rings is 3. The maximum absolute atomic E-state index is 11.2. The second-order valence-corrected chi connectivity index (χ2v) is 9.93. The molecule has 0 saturated carbocycles. The number of aromatic carboxylic acids is 1. The molecule has 0 aliphatic carbocycles. The van der Waals surface area contributed by atoms with Crippen LogP contribution in [0.25, 0.3) is 22.0 Å². The van der Waals surface area contributed by atoms with Gasteiger partial charge < -0.3 is 19.7 Å². The Morgan fingerprint density at radius 3 is 2.42 bits per heavy atom. The second-order valence-electron chi connectivity index (χ2n) is 9.12. The summed E-state index contributed by atoms with van der Waals surface area (Å²) in [5.74, 6) is -0.188. The van der Waals surface area contributed by atoms with E-state index in [1.165, 1.54) is 0 Å². The summed E-state index contributed by atoms with van der Waals surface area (Å²) < 4.78 is 6.17. The summed E-state index contributed by atoms with van der Waals surface area (Å²) >= 11 is 12.9. The first-order chi connectivity index (χ1) is 17.3. The van der Waals surface area contributed by atoms with Crippen molar-refractivity contribution in [3.8, 4) is 16.9 Å². The van der Waals surface area contributed by atoms with Gasteiger partial charge in [0.1, 0.15) is 29.9 Å². The van der Waals surface area contributed by atoms with E-state index >= 15 is 0 Å². The van der Waals surface area contributed by atoms with Crippen LogP contribution in [0, 0.1) is 11.8 Å². The molecule has 1 aromatic heterocycles. The number of carbonyl (C=O) groups is 1. The van der Waals surface area contributed by atoms with Crippen molar-refractivity contribution in [2.75, 3.05) is 6.61 Å². The van der Waals surface area contributed by atoms with Gasteiger partial charge in [-0.2, -0.15) is 0 Å². The molecule has 0 fully saturated rings. The molecule has 0 saturated heterocycles. The fraction of sp³-hybridized carbons (Fsp3) is 0.214. The highest BCUT2D eigenvalue weighted by atomic mass is 35.5. The number of fused-ring (bicyclic) bond motifs is 1. The van der Waals surface area contributed by atoms with Gasteiger partial charge in [-0.1, -0.05) is 72.5 Å². The highest BCUT2D eigenvalue weighted by molar-refractivity contribution is 6.40. The number of rotatable bonds is 7. The summed E-state index contributed by atoms with van der Waals surface area (Å²) in [5.41, 5.74) is 4.28. The molecule has 36 heavy (non-hydrogen) atoms. The van der Waals surface area contributed by atoms with E-state index in [0.717, 1.165) is 22.0 Å². The predicted molar refractivity (Wildman–Crippen MR) is 142 cm³/mol. The van der Waals surface area contributed by atoms with Crippen LogP contribution in [-0.2, 0) is 4.84 Å². The van der Waals surface area contributed by atoms with Gasteiger partial charge in [0.25, 0.3) is 0 Å². The van der Waals surface area contributed by atoms with Crippen LogP contribution in [0.15, 0.2) is 71.9 Å². The molecule has 0 radical (unpaired) electrons. The lowest BCUT2D eigenvalue weighted by molar-refractivity contribution is 0.0178. The average Bonchev–Trinajstić information content (AvgIpc) is 3.47. The smallest absolute Gasteiger partial charge is 0.352 e. The van der Waals surface area contributed by atoms with E-state index in [4.69, 9.17) is 32.8 Å². The summed E-state index contributed by atoms with van der Waals surface area (Å²) in [6, 6.07) is 20.6. The standard InChI is InChI=1S/C28H24Cl2N2O4/c1-15(2)27-20(26(32-36-27)25-21(29)4-3-5-22(25)30)14-35-19-10-8-16(9-11-19)17-6-7-18-13-24(28(33)34)31-23(18)12-17/h3-13,15,20,27,31H,14H2,1-2H3,(H,33,34). The molecular weight excluding hydrogens is 499 g/mol. The van der Waals surface area contributed by atoms with Crippen LogP contribution in [0.2, 0.25) is 10.0 Å². The van der Waals surface area contributed by atoms with Crippen LogP contribution >= 0.6 is 23.2 Å². The molecule has 5 rings (SSSR count). The highest BCUT2D eigenvalue weighted by Crippen LogP contribution is 2.35. The summed E-state index contributed by atoms with van der Waals surface area (Å²) in [5, 5.41) is 15.5. The van der Waals surface area contributed by atoms with Crippen LogP contribution in [0.4, 0.5) is 0 Å². The zero-order valence-corrected chi connectivity index (χ0v) is 21.2. The zero-order chi connectivity index (χ0) is 25.4. The Bertz CT molecular complexity index is 1440. The average molecular weight is 523 g/mol. The molecule has 8 heteroatoms. The van der Waals surface area contributed by atoms with Crippen molar-refractivity contribution in [2.45, 2.75) is 20.0 Å². The van der Waals surface area contributed by atoms with Gasteiger partial charge in [-0.25, -0.2) is 4.79 Å². The summed E-state index contributed by atoms with van der Waals surface area (Å²) in [6.45, 7) is 4.52. The van der Waals surface area contributed by atoms with Crippen LogP contribution in [-0.4, -0.2) is 34.5 Å². The molecule has 1 aliphatic heterocycles. The molecule has 2 atom stereocenters. The van der Waals surface area contributed by atoms with Gasteiger partial charge in [0, 0.05) is 16.5 Å². The third kappa shape index (κ3) is 4.66. The van der Waals surface area contributed by atoms with E-state index in [1.54, 1.807) is 24.3 Å². The molecule has 0 bridgehead atoms. The van der Waals surface area contributed by atoms with E-state index in [2.05, 4.69) is 24.0 Å². The Labute approximate surface area is 218 Å². The number of aromatic nitrogens is 1. The first kappa shape index (κ1) is 24.2. The minimum absolute atomic E-state index is 0.138. The first-order valence-electron chi connectivity index (χ1n) is 11.6. The number of H-pyrrole nitrogens is 1. The maximum atomic E-state index is 11.2. The van der Waals surface area contributed by atoms with Gasteiger partial charge in [-0.05, 0) is 53.4 Å². The Morgan fingerprint density at radius 1 is 1.06 bits per heavy atom. The van der Waals surface area contributed by atoms with Crippen LogP contribution in [0.5, 0.6) is 5.75 Å². The topological polar surface area (TPSA) is 83.9 Å². The number of aromatic amines is 1. The normalized spacial score (nSPS) is 17.3. The second kappa shape index (κ2) is 9.88. The van der Waals surface area contributed by atoms with Gasteiger partial charge in [-0.15, -0.1) is 0 Å². The zero-order valence-electron chi connectivity index (χ0n) is 19.7. The van der Waals surface area contributed by atoms with E-state index in [-0.39, 0.29) is 23.6 Å². The van der Waals surface area contributed by atoms with Gasteiger partial charge in [0.2, 0.25) is 0 Å². The Hall–Kier alpha value is -3.48. The van der Waals surface area contributed by atoms with Crippen molar-refractivity contribution < 1.29 is 19.5 Å². The lowest BCUT2D eigenvalue weighted by Gasteiger charge is -2.23. The molecule has 2 heterocycles. The minimum Gasteiger partial charge on any atom is -0.493 e. The third-order valence-corrected chi connectivity index (χ3v) is 7.00. The molecular formula is C28H24Cl2N2O4. The molecule has 1 aliphatic rings. The molecule has 4 aromatic rings. The number of halogens is 2. The molecule has 6 nitrogen and oxygen atoms in total. The van der Waals surface area contributed by atoms with Gasteiger partial charge in [0.05, 0.1) is 16.0 Å². The summed E-state index contributed by atoms with van der Waals surface area (Å²) in [6.07, 6.45) is -0.158. The van der Waals surface area contributed by atoms with Crippen LogP contribution < -0.4 is 4.74 Å². The van der Waals surface area contributed by atoms with Crippen molar-refractivity contribution in [1.29, 1.82) is 0 Å².